The summed E-state index contributed by atoms with van der Waals surface area (Å²) < 4.78 is 9.73. The van der Waals surface area contributed by atoms with Crippen molar-refractivity contribution < 1.29 is 14.3 Å². The molecular formula is C9H15N5O3. The largest absolute Gasteiger partial charge is 0.468 e. The molecule has 1 rings (SSSR count). The zero-order chi connectivity index (χ0) is 12.8. The molecule has 0 unspecified atom stereocenters. The second-order valence-corrected chi connectivity index (χ2v) is 3.40. The second-order valence-electron chi connectivity index (χ2n) is 3.40. The number of carbonyl (C=O) groups excluding carboxylic acids is 1. The minimum Gasteiger partial charge on any atom is -0.468 e. The highest BCUT2D eigenvalue weighted by Crippen LogP contribution is 2.10. The van der Waals surface area contributed by atoms with Crippen LogP contribution in [0.3, 0.4) is 0 Å². The first-order chi connectivity index (χ1) is 8.01. The fourth-order valence-electron chi connectivity index (χ4n) is 0.938. The molecular weight excluding hydrogens is 226 g/mol. The second kappa shape index (κ2) is 5.83. The summed E-state index contributed by atoms with van der Waals surface area (Å²) in [6, 6.07) is 0.111. The van der Waals surface area contributed by atoms with E-state index in [4.69, 9.17) is 10.5 Å². The van der Waals surface area contributed by atoms with Gasteiger partial charge in [-0.3, -0.25) is 4.79 Å². The number of hydrogen-bond acceptors (Lipinski definition) is 8. The number of hydrogen-bond donors (Lipinski definition) is 2. The number of ether oxygens (including phenoxy) is 2. The van der Waals surface area contributed by atoms with Crippen molar-refractivity contribution in [2.24, 2.45) is 0 Å². The standard InChI is InChI=1S/C9H15N5O3/c1-5(2)17-9-13-7(10)12-8(14-9)11-4-6(15)16-3/h5H,4H2,1-3H3,(H3,10,11,12,13,14). The summed E-state index contributed by atoms with van der Waals surface area (Å²) in [6.07, 6.45) is -0.0785. The molecule has 1 aromatic heterocycles. The first-order valence-electron chi connectivity index (χ1n) is 5.00. The third kappa shape index (κ3) is 4.49. The van der Waals surface area contributed by atoms with Crippen molar-refractivity contribution >= 4 is 17.9 Å². The van der Waals surface area contributed by atoms with Gasteiger partial charge in [0, 0.05) is 0 Å². The Hall–Kier alpha value is -2.12. The molecule has 1 heterocycles. The molecule has 0 fully saturated rings. The molecule has 0 aliphatic carbocycles. The molecule has 0 saturated heterocycles. The predicted octanol–water partition coefficient (Wildman–Crippen LogP) is -0.174. The maximum absolute atomic E-state index is 10.9. The SMILES string of the molecule is COC(=O)CNc1nc(N)nc(OC(C)C)n1. The third-order valence-electron chi connectivity index (χ3n) is 1.59. The van der Waals surface area contributed by atoms with Gasteiger partial charge < -0.3 is 20.5 Å². The predicted molar refractivity (Wildman–Crippen MR) is 60.5 cm³/mol. The molecule has 0 spiro atoms. The molecule has 1 aromatic rings. The molecule has 0 amide bonds. The van der Waals surface area contributed by atoms with E-state index in [0.29, 0.717) is 0 Å². The summed E-state index contributed by atoms with van der Waals surface area (Å²) in [4.78, 5) is 22.5. The van der Waals surface area contributed by atoms with Gasteiger partial charge in [0.15, 0.2) is 0 Å². The average Bonchev–Trinajstić information content (AvgIpc) is 2.24. The lowest BCUT2D eigenvalue weighted by molar-refractivity contribution is -0.138. The minimum absolute atomic E-state index is 0.0167. The quantitative estimate of drug-likeness (QED) is 0.683. The van der Waals surface area contributed by atoms with Crippen molar-refractivity contribution in [3.05, 3.63) is 0 Å². The van der Waals surface area contributed by atoms with Crippen molar-refractivity contribution in [2.45, 2.75) is 20.0 Å². The molecule has 0 aliphatic rings. The highest BCUT2D eigenvalue weighted by atomic mass is 16.5. The van der Waals surface area contributed by atoms with E-state index in [9.17, 15) is 4.79 Å². The first kappa shape index (κ1) is 12.9. The van der Waals surface area contributed by atoms with Crippen LogP contribution in [0.1, 0.15) is 13.8 Å². The van der Waals surface area contributed by atoms with Crippen molar-refractivity contribution in [2.75, 3.05) is 24.7 Å². The van der Waals surface area contributed by atoms with Crippen LogP contribution < -0.4 is 15.8 Å². The van der Waals surface area contributed by atoms with E-state index in [-0.39, 0.29) is 30.6 Å². The van der Waals surface area contributed by atoms with E-state index in [2.05, 4.69) is 25.0 Å². The highest BCUT2D eigenvalue weighted by Gasteiger charge is 2.08. The van der Waals surface area contributed by atoms with Crippen molar-refractivity contribution in [1.29, 1.82) is 0 Å². The number of nitrogens with two attached hydrogens (primary N) is 1. The Morgan fingerprint density at radius 3 is 2.71 bits per heavy atom. The van der Waals surface area contributed by atoms with E-state index < -0.39 is 5.97 Å². The van der Waals surface area contributed by atoms with Gasteiger partial charge in [-0.05, 0) is 13.8 Å². The van der Waals surface area contributed by atoms with Gasteiger partial charge in [0.25, 0.3) is 0 Å². The zero-order valence-corrected chi connectivity index (χ0v) is 9.93. The monoisotopic (exact) mass is 241 g/mol. The Labute approximate surface area is 98.6 Å². The number of rotatable bonds is 5. The van der Waals surface area contributed by atoms with Gasteiger partial charge in [-0.25, -0.2) is 0 Å². The molecule has 0 atom stereocenters. The van der Waals surface area contributed by atoms with Crippen molar-refractivity contribution in [3.63, 3.8) is 0 Å². The molecule has 0 aliphatic heterocycles. The van der Waals surface area contributed by atoms with Crippen LogP contribution in [-0.2, 0) is 9.53 Å². The fraction of sp³-hybridized carbons (Fsp3) is 0.556. The van der Waals surface area contributed by atoms with Crippen LogP contribution in [0.15, 0.2) is 0 Å². The van der Waals surface area contributed by atoms with Crippen molar-refractivity contribution in [3.8, 4) is 6.01 Å². The zero-order valence-electron chi connectivity index (χ0n) is 9.93. The summed E-state index contributed by atoms with van der Waals surface area (Å²) in [5, 5.41) is 2.65. The lowest BCUT2D eigenvalue weighted by Gasteiger charge is -2.09. The van der Waals surface area contributed by atoms with Gasteiger partial charge in [0.05, 0.1) is 13.2 Å². The molecule has 17 heavy (non-hydrogen) atoms. The van der Waals surface area contributed by atoms with Crippen LogP contribution in [0, 0.1) is 0 Å². The average molecular weight is 241 g/mol. The lowest BCUT2D eigenvalue weighted by Crippen LogP contribution is -2.18. The smallest absolute Gasteiger partial charge is 0.325 e. The molecule has 0 saturated carbocycles. The van der Waals surface area contributed by atoms with E-state index in [1.165, 1.54) is 7.11 Å². The number of anilines is 2. The van der Waals surface area contributed by atoms with Crippen LogP contribution in [0.5, 0.6) is 6.01 Å². The Morgan fingerprint density at radius 2 is 2.12 bits per heavy atom. The number of nitrogens with zero attached hydrogens (tertiary/aromatic N) is 3. The molecule has 0 radical (unpaired) electrons. The summed E-state index contributed by atoms with van der Waals surface area (Å²) in [5.74, 6) is -0.253. The number of carbonyl (C=O) groups is 1. The van der Waals surface area contributed by atoms with Crippen LogP contribution in [0.2, 0.25) is 0 Å². The van der Waals surface area contributed by atoms with Gasteiger partial charge in [0.1, 0.15) is 6.54 Å². The molecule has 8 heteroatoms. The lowest BCUT2D eigenvalue weighted by atomic mass is 10.5. The Kier molecular flexibility index (Phi) is 4.44. The molecule has 3 N–H and O–H groups in total. The minimum atomic E-state index is -0.435. The Bertz CT molecular complexity index is 396. The normalized spacial score (nSPS) is 10.1. The van der Waals surface area contributed by atoms with E-state index >= 15 is 0 Å². The fourth-order valence-corrected chi connectivity index (χ4v) is 0.938. The summed E-state index contributed by atoms with van der Waals surface area (Å²) in [6.45, 7) is 3.62. The summed E-state index contributed by atoms with van der Waals surface area (Å²) >= 11 is 0. The van der Waals surface area contributed by atoms with Crippen LogP contribution in [0.25, 0.3) is 0 Å². The van der Waals surface area contributed by atoms with Crippen LogP contribution >= 0.6 is 0 Å². The van der Waals surface area contributed by atoms with Gasteiger partial charge in [-0.1, -0.05) is 0 Å². The van der Waals surface area contributed by atoms with Gasteiger partial charge >= 0.3 is 12.0 Å². The number of methoxy groups -OCH3 is 1. The Morgan fingerprint density at radius 1 is 1.41 bits per heavy atom. The maximum atomic E-state index is 10.9. The Balaban J connectivity index is 2.71. The first-order valence-corrected chi connectivity index (χ1v) is 5.00. The van der Waals surface area contributed by atoms with E-state index in [0.717, 1.165) is 0 Å². The van der Waals surface area contributed by atoms with E-state index in [1.54, 1.807) is 0 Å². The molecule has 94 valence electrons. The van der Waals surface area contributed by atoms with Gasteiger partial charge in [-0.15, -0.1) is 0 Å². The highest BCUT2D eigenvalue weighted by molar-refractivity contribution is 5.74. The van der Waals surface area contributed by atoms with E-state index in [1.807, 2.05) is 13.8 Å². The number of aromatic nitrogens is 3. The maximum Gasteiger partial charge on any atom is 0.325 e. The van der Waals surface area contributed by atoms with Gasteiger partial charge in [0.2, 0.25) is 11.9 Å². The van der Waals surface area contributed by atoms with Crippen molar-refractivity contribution in [1.82, 2.24) is 15.0 Å². The van der Waals surface area contributed by atoms with Crippen LogP contribution in [0.4, 0.5) is 11.9 Å². The molecule has 0 aromatic carbocycles. The number of nitrogen functional groups attached to an aromatic ring is 1. The third-order valence-corrected chi connectivity index (χ3v) is 1.59. The topological polar surface area (TPSA) is 112 Å². The summed E-state index contributed by atoms with van der Waals surface area (Å²) in [5.41, 5.74) is 5.48. The van der Waals surface area contributed by atoms with Gasteiger partial charge in [-0.2, -0.15) is 15.0 Å². The molecule has 0 bridgehead atoms. The number of nitrogens with one attached hydrogen (secondary N) is 1. The van der Waals surface area contributed by atoms with Crippen LogP contribution in [-0.4, -0.2) is 40.7 Å². The molecule has 8 nitrogen and oxygen atoms in total. The summed E-state index contributed by atoms with van der Waals surface area (Å²) in [7, 11) is 1.29. The number of esters is 1.